The maximum atomic E-state index is 12.4. The number of esters is 1. The van der Waals surface area contributed by atoms with Crippen LogP contribution in [0.1, 0.15) is 26.3 Å². The molecular formula is C18H26INO7. The maximum Gasteiger partial charge on any atom is 0.419 e. The molecule has 1 aromatic carbocycles. The number of amides is 1. The van der Waals surface area contributed by atoms with Crippen LogP contribution in [0.2, 0.25) is 0 Å². The lowest BCUT2D eigenvalue weighted by atomic mass is 10.1. The van der Waals surface area contributed by atoms with Crippen LogP contribution in [0.5, 0.6) is 5.75 Å². The normalized spacial score (nSPS) is 12.2. The number of hydrogen-bond donors (Lipinski definition) is 0. The lowest BCUT2D eigenvalue weighted by Gasteiger charge is -2.28. The average molecular weight is 495 g/mol. The third-order valence-electron chi connectivity index (χ3n) is 3.13. The molecule has 0 saturated carbocycles. The molecule has 0 aromatic heterocycles. The highest BCUT2D eigenvalue weighted by atomic mass is 127. The number of benzene rings is 1. The zero-order valence-corrected chi connectivity index (χ0v) is 18.3. The average Bonchev–Trinajstić information content (AvgIpc) is 2.61. The lowest BCUT2D eigenvalue weighted by Crippen LogP contribution is -2.43. The second-order valence-electron chi connectivity index (χ2n) is 6.58. The molecule has 0 bridgehead atoms. The Labute approximate surface area is 173 Å². The number of methoxy groups -OCH3 is 2. The summed E-state index contributed by atoms with van der Waals surface area (Å²) in [4.78, 5) is 24.8. The molecule has 1 amide bonds. The molecule has 1 atom stereocenters. The molecule has 0 N–H and O–H groups in total. The van der Waals surface area contributed by atoms with Gasteiger partial charge in [0.05, 0.1) is 22.9 Å². The molecule has 0 aliphatic rings. The van der Waals surface area contributed by atoms with Crippen LogP contribution < -0.4 is 4.74 Å². The minimum atomic E-state index is -0.874. The first kappa shape index (κ1) is 23.4. The molecule has 0 saturated heterocycles. The van der Waals surface area contributed by atoms with E-state index in [1.807, 2.05) is 0 Å². The van der Waals surface area contributed by atoms with E-state index in [4.69, 9.17) is 23.7 Å². The van der Waals surface area contributed by atoms with Gasteiger partial charge in [-0.15, -0.1) is 0 Å². The molecule has 0 aliphatic carbocycles. The standard InChI is InChI=1S/C18H26INO7/c1-18(2,3)27-17(22)20(19)15(16(21)26-12-24-5)10-13-6-8-14(9-7-13)25-11-23-4/h6-9,15H,10-12H2,1-5H3/t15-/m1/s1. The van der Waals surface area contributed by atoms with Gasteiger partial charge >= 0.3 is 12.1 Å². The van der Waals surface area contributed by atoms with Crippen molar-refractivity contribution in [3.8, 4) is 5.75 Å². The van der Waals surface area contributed by atoms with E-state index in [-0.39, 0.29) is 20.0 Å². The molecule has 1 rings (SSSR count). The van der Waals surface area contributed by atoms with Crippen molar-refractivity contribution in [1.82, 2.24) is 3.11 Å². The van der Waals surface area contributed by atoms with Crippen LogP contribution in [0.3, 0.4) is 0 Å². The minimum absolute atomic E-state index is 0.144. The van der Waals surface area contributed by atoms with Crippen molar-refractivity contribution in [2.45, 2.75) is 38.8 Å². The van der Waals surface area contributed by atoms with Crippen LogP contribution >= 0.6 is 22.9 Å². The fourth-order valence-electron chi connectivity index (χ4n) is 1.97. The Morgan fingerprint density at radius 2 is 1.67 bits per heavy atom. The number of nitrogens with zero attached hydrogens (tertiary/aromatic N) is 1. The number of carbonyl (C=O) groups is 2. The molecule has 152 valence electrons. The quantitative estimate of drug-likeness (QED) is 0.225. The molecule has 0 heterocycles. The number of carbonyl (C=O) groups excluding carboxylic acids is 2. The highest BCUT2D eigenvalue weighted by molar-refractivity contribution is 14.1. The van der Waals surface area contributed by atoms with Gasteiger partial charge in [-0.3, -0.25) is 0 Å². The van der Waals surface area contributed by atoms with Crippen molar-refractivity contribution in [2.75, 3.05) is 27.8 Å². The lowest BCUT2D eigenvalue weighted by molar-refractivity contribution is -0.158. The van der Waals surface area contributed by atoms with Crippen molar-refractivity contribution >= 4 is 34.9 Å². The van der Waals surface area contributed by atoms with Gasteiger partial charge in [0.1, 0.15) is 17.4 Å². The van der Waals surface area contributed by atoms with E-state index in [9.17, 15) is 9.59 Å². The Kier molecular flexibility index (Phi) is 9.81. The van der Waals surface area contributed by atoms with Gasteiger partial charge in [-0.1, -0.05) is 12.1 Å². The highest BCUT2D eigenvalue weighted by Crippen LogP contribution is 2.21. The topological polar surface area (TPSA) is 83.5 Å². The second-order valence-corrected chi connectivity index (χ2v) is 7.62. The monoisotopic (exact) mass is 495 g/mol. The van der Waals surface area contributed by atoms with Crippen molar-refractivity contribution in [2.24, 2.45) is 0 Å². The van der Waals surface area contributed by atoms with Gasteiger partial charge in [0.15, 0.2) is 13.6 Å². The van der Waals surface area contributed by atoms with Gasteiger partial charge in [-0.25, -0.2) is 12.7 Å². The molecular weight excluding hydrogens is 469 g/mol. The van der Waals surface area contributed by atoms with Gasteiger partial charge in [-0.05, 0) is 38.5 Å². The zero-order chi connectivity index (χ0) is 20.4. The fourth-order valence-corrected chi connectivity index (χ4v) is 2.50. The number of halogens is 1. The molecule has 1 aromatic rings. The zero-order valence-electron chi connectivity index (χ0n) is 16.2. The Hall–Kier alpha value is -1.59. The van der Waals surface area contributed by atoms with Crippen LogP contribution in [0.15, 0.2) is 24.3 Å². The van der Waals surface area contributed by atoms with Gasteiger partial charge in [0.2, 0.25) is 0 Å². The number of ether oxygens (including phenoxy) is 5. The molecule has 0 spiro atoms. The van der Waals surface area contributed by atoms with Crippen molar-refractivity contribution in [1.29, 1.82) is 0 Å². The summed E-state index contributed by atoms with van der Waals surface area (Å²) in [7, 11) is 2.95. The van der Waals surface area contributed by atoms with Gasteiger partial charge < -0.3 is 23.7 Å². The summed E-state index contributed by atoms with van der Waals surface area (Å²) in [5.41, 5.74) is 0.145. The Bertz CT molecular complexity index is 601. The van der Waals surface area contributed by atoms with Gasteiger partial charge in [0, 0.05) is 20.6 Å². The first-order chi connectivity index (χ1) is 12.7. The van der Waals surface area contributed by atoms with Gasteiger partial charge in [-0.2, -0.15) is 0 Å². The van der Waals surface area contributed by atoms with Crippen molar-refractivity contribution in [3.05, 3.63) is 29.8 Å². The largest absolute Gasteiger partial charge is 0.468 e. The summed E-state index contributed by atoms with van der Waals surface area (Å²) >= 11 is 1.76. The Balaban J connectivity index is 2.90. The third-order valence-corrected chi connectivity index (χ3v) is 4.19. The summed E-state index contributed by atoms with van der Waals surface area (Å²) in [6, 6.07) is 6.26. The molecule has 0 radical (unpaired) electrons. The summed E-state index contributed by atoms with van der Waals surface area (Å²) in [6.07, 6.45) is -0.377. The van der Waals surface area contributed by atoms with Gasteiger partial charge in [0.25, 0.3) is 0 Å². The van der Waals surface area contributed by atoms with Crippen molar-refractivity contribution in [3.63, 3.8) is 0 Å². The first-order valence-corrected chi connectivity index (χ1v) is 9.18. The van der Waals surface area contributed by atoms with E-state index < -0.39 is 23.7 Å². The van der Waals surface area contributed by atoms with Crippen LogP contribution in [0.25, 0.3) is 0 Å². The molecule has 0 aliphatic heterocycles. The van der Waals surface area contributed by atoms with E-state index in [0.29, 0.717) is 5.75 Å². The SMILES string of the molecule is COCOC(=O)[C@@H](Cc1ccc(OCOC)cc1)N(I)C(=O)OC(C)(C)C. The third kappa shape index (κ3) is 8.76. The summed E-state index contributed by atoms with van der Waals surface area (Å²) in [5.74, 6) is 0.0504. The summed E-state index contributed by atoms with van der Waals surface area (Å²) in [5, 5.41) is 0. The second kappa shape index (κ2) is 11.3. The van der Waals surface area contributed by atoms with Crippen LogP contribution in [0.4, 0.5) is 4.79 Å². The van der Waals surface area contributed by atoms with E-state index in [1.54, 1.807) is 67.9 Å². The van der Waals surface area contributed by atoms with E-state index in [2.05, 4.69) is 0 Å². The first-order valence-electron chi connectivity index (χ1n) is 8.22. The summed E-state index contributed by atoms with van der Waals surface area (Å²) < 4.78 is 26.6. The van der Waals surface area contributed by atoms with Crippen LogP contribution in [-0.2, 0) is 30.2 Å². The molecule has 0 fully saturated rings. The maximum absolute atomic E-state index is 12.4. The molecule has 8 nitrogen and oxygen atoms in total. The summed E-state index contributed by atoms with van der Waals surface area (Å²) in [6.45, 7) is 5.22. The molecule has 0 unspecified atom stereocenters. The predicted octanol–water partition coefficient (Wildman–Crippen LogP) is 3.31. The predicted molar refractivity (Wildman–Crippen MR) is 106 cm³/mol. The number of hydrogen-bond acceptors (Lipinski definition) is 7. The van der Waals surface area contributed by atoms with Crippen LogP contribution in [0, 0.1) is 0 Å². The van der Waals surface area contributed by atoms with E-state index in [0.717, 1.165) is 5.56 Å². The Morgan fingerprint density at radius 3 is 2.19 bits per heavy atom. The van der Waals surface area contributed by atoms with Crippen molar-refractivity contribution < 1.29 is 33.3 Å². The Morgan fingerprint density at radius 1 is 1.07 bits per heavy atom. The molecule has 9 heteroatoms. The van der Waals surface area contributed by atoms with E-state index in [1.165, 1.54) is 17.3 Å². The number of rotatable bonds is 9. The highest BCUT2D eigenvalue weighted by Gasteiger charge is 2.33. The molecule has 27 heavy (non-hydrogen) atoms. The fraction of sp³-hybridized carbons (Fsp3) is 0.556. The van der Waals surface area contributed by atoms with E-state index >= 15 is 0 Å². The minimum Gasteiger partial charge on any atom is -0.468 e. The smallest absolute Gasteiger partial charge is 0.419 e. The van der Waals surface area contributed by atoms with Crippen LogP contribution in [-0.4, -0.2) is 54.6 Å².